The Morgan fingerprint density at radius 2 is 2.00 bits per heavy atom. The van der Waals surface area contributed by atoms with E-state index in [1.807, 2.05) is 20.8 Å². The quantitative estimate of drug-likeness (QED) is 0.794. The van der Waals surface area contributed by atoms with Crippen LogP contribution in [-0.4, -0.2) is 46.6 Å². The van der Waals surface area contributed by atoms with Crippen LogP contribution < -0.4 is 5.32 Å². The summed E-state index contributed by atoms with van der Waals surface area (Å²) in [6.07, 6.45) is 1.48. The van der Waals surface area contributed by atoms with E-state index in [1.165, 1.54) is 0 Å². The van der Waals surface area contributed by atoms with E-state index in [1.54, 1.807) is 4.90 Å². The van der Waals surface area contributed by atoms with Gasteiger partial charge in [0.05, 0.1) is 6.54 Å². The van der Waals surface area contributed by atoms with Crippen LogP contribution in [0.15, 0.2) is 0 Å². The molecule has 0 saturated carbocycles. The maximum atomic E-state index is 11.6. The highest BCUT2D eigenvalue weighted by molar-refractivity contribution is 5.85. The number of nitrogens with zero attached hydrogens (tertiary/aromatic N) is 1. The monoisotopic (exact) mass is 264 g/mol. The SMILES string of the molecule is CC(C)(C)NC(=O)CN1CCC[C@H]1C(=O)O.Cl. The van der Waals surface area contributed by atoms with Gasteiger partial charge in [0.2, 0.25) is 5.91 Å². The maximum Gasteiger partial charge on any atom is 0.320 e. The molecule has 5 nitrogen and oxygen atoms in total. The number of carboxylic acid groups (broad SMARTS) is 1. The molecule has 1 saturated heterocycles. The van der Waals surface area contributed by atoms with Crippen LogP contribution in [0.3, 0.4) is 0 Å². The third-order valence-corrected chi connectivity index (χ3v) is 2.51. The van der Waals surface area contributed by atoms with Crippen molar-refractivity contribution in [3.05, 3.63) is 0 Å². The number of hydrogen-bond acceptors (Lipinski definition) is 3. The second-order valence-corrected chi connectivity index (χ2v) is 5.26. The van der Waals surface area contributed by atoms with E-state index in [0.717, 1.165) is 6.42 Å². The highest BCUT2D eigenvalue weighted by atomic mass is 35.5. The highest BCUT2D eigenvalue weighted by Crippen LogP contribution is 2.16. The molecule has 0 unspecified atom stereocenters. The second-order valence-electron chi connectivity index (χ2n) is 5.26. The number of carbonyl (C=O) groups excluding carboxylic acids is 1. The van der Waals surface area contributed by atoms with E-state index in [0.29, 0.717) is 13.0 Å². The standard InChI is InChI=1S/C11H20N2O3.ClH/c1-11(2,3)12-9(14)7-13-6-4-5-8(13)10(15)16;/h8H,4-7H2,1-3H3,(H,12,14)(H,15,16);1H/t8-;/m0./s1. The highest BCUT2D eigenvalue weighted by Gasteiger charge is 2.32. The van der Waals surface area contributed by atoms with Gasteiger partial charge in [-0.05, 0) is 40.2 Å². The van der Waals surface area contributed by atoms with Gasteiger partial charge in [-0.3, -0.25) is 14.5 Å². The zero-order valence-electron chi connectivity index (χ0n) is 10.5. The van der Waals surface area contributed by atoms with Crippen LogP contribution in [0.25, 0.3) is 0 Å². The molecule has 1 aliphatic heterocycles. The molecule has 1 rings (SSSR count). The van der Waals surface area contributed by atoms with E-state index in [2.05, 4.69) is 5.32 Å². The third kappa shape index (κ3) is 5.37. The minimum Gasteiger partial charge on any atom is -0.480 e. The lowest BCUT2D eigenvalue weighted by Crippen LogP contribution is -2.48. The summed E-state index contributed by atoms with van der Waals surface area (Å²) in [5.74, 6) is -0.943. The van der Waals surface area contributed by atoms with Gasteiger partial charge < -0.3 is 10.4 Å². The zero-order chi connectivity index (χ0) is 12.3. The molecule has 0 aromatic rings. The first-order valence-electron chi connectivity index (χ1n) is 5.57. The smallest absolute Gasteiger partial charge is 0.320 e. The lowest BCUT2D eigenvalue weighted by molar-refractivity contribution is -0.142. The van der Waals surface area contributed by atoms with Crippen LogP contribution >= 0.6 is 12.4 Å². The Bertz CT molecular complexity index is 289. The van der Waals surface area contributed by atoms with Gasteiger partial charge in [0.15, 0.2) is 0 Å². The number of halogens is 1. The molecule has 1 atom stereocenters. The van der Waals surface area contributed by atoms with Crippen LogP contribution in [-0.2, 0) is 9.59 Å². The summed E-state index contributed by atoms with van der Waals surface area (Å²) in [5, 5.41) is 11.8. The van der Waals surface area contributed by atoms with Gasteiger partial charge in [-0.1, -0.05) is 0 Å². The molecule has 2 N–H and O–H groups in total. The molecule has 0 aliphatic carbocycles. The van der Waals surface area contributed by atoms with Crippen molar-refractivity contribution in [2.75, 3.05) is 13.1 Å². The molecule has 1 aliphatic rings. The largest absolute Gasteiger partial charge is 0.480 e. The van der Waals surface area contributed by atoms with Gasteiger partial charge in [0.1, 0.15) is 6.04 Å². The summed E-state index contributed by atoms with van der Waals surface area (Å²) in [5.41, 5.74) is -0.268. The first-order chi connectivity index (χ1) is 7.29. The summed E-state index contributed by atoms with van der Waals surface area (Å²) in [6.45, 7) is 6.58. The lowest BCUT2D eigenvalue weighted by Gasteiger charge is -2.25. The fourth-order valence-electron chi connectivity index (χ4n) is 1.94. The molecule has 0 bridgehead atoms. The molecule has 100 valence electrons. The van der Waals surface area contributed by atoms with Crippen LogP contribution in [0.4, 0.5) is 0 Å². The second kappa shape index (κ2) is 6.21. The Labute approximate surface area is 108 Å². The molecule has 1 amide bonds. The fourth-order valence-corrected chi connectivity index (χ4v) is 1.94. The summed E-state index contributed by atoms with van der Waals surface area (Å²) in [6, 6.07) is -0.495. The number of hydrogen-bond donors (Lipinski definition) is 2. The topological polar surface area (TPSA) is 69.6 Å². The van der Waals surface area contributed by atoms with Gasteiger partial charge in [0.25, 0.3) is 0 Å². The summed E-state index contributed by atoms with van der Waals surface area (Å²) < 4.78 is 0. The number of rotatable bonds is 3. The molecule has 0 spiro atoms. The molecule has 1 heterocycles. The minimum atomic E-state index is -0.832. The van der Waals surface area contributed by atoms with Gasteiger partial charge in [0, 0.05) is 5.54 Å². The maximum absolute atomic E-state index is 11.6. The molecular weight excluding hydrogens is 244 g/mol. The zero-order valence-corrected chi connectivity index (χ0v) is 11.3. The molecule has 0 aromatic heterocycles. The average molecular weight is 265 g/mol. The summed E-state index contributed by atoms with van der Waals surface area (Å²) in [4.78, 5) is 24.3. The minimum absolute atomic E-state index is 0. The van der Waals surface area contributed by atoms with Crippen molar-refractivity contribution in [2.45, 2.75) is 45.2 Å². The van der Waals surface area contributed by atoms with Crippen molar-refractivity contribution in [1.29, 1.82) is 0 Å². The first-order valence-corrected chi connectivity index (χ1v) is 5.57. The van der Waals surface area contributed by atoms with Crippen molar-refractivity contribution in [3.63, 3.8) is 0 Å². The van der Waals surface area contributed by atoms with Gasteiger partial charge in [-0.2, -0.15) is 0 Å². The van der Waals surface area contributed by atoms with E-state index in [4.69, 9.17) is 5.11 Å². The van der Waals surface area contributed by atoms with Crippen molar-refractivity contribution in [2.24, 2.45) is 0 Å². The van der Waals surface area contributed by atoms with Crippen molar-refractivity contribution in [3.8, 4) is 0 Å². The molecule has 1 fully saturated rings. The number of nitrogens with one attached hydrogen (secondary N) is 1. The first kappa shape index (κ1) is 16.2. The number of likely N-dealkylation sites (tertiary alicyclic amines) is 1. The van der Waals surface area contributed by atoms with Crippen LogP contribution in [0.2, 0.25) is 0 Å². The molecule has 17 heavy (non-hydrogen) atoms. The molecule has 0 radical (unpaired) electrons. The fraction of sp³-hybridized carbons (Fsp3) is 0.818. The molecular formula is C11H21ClN2O3. The Kier molecular flexibility index (Phi) is 5.92. The third-order valence-electron chi connectivity index (χ3n) is 2.51. The summed E-state index contributed by atoms with van der Waals surface area (Å²) in [7, 11) is 0. The molecule has 0 aromatic carbocycles. The van der Waals surface area contributed by atoms with Crippen molar-refractivity contribution < 1.29 is 14.7 Å². The van der Waals surface area contributed by atoms with Crippen molar-refractivity contribution >= 4 is 24.3 Å². The van der Waals surface area contributed by atoms with Gasteiger partial charge >= 0.3 is 5.97 Å². The molecule has 6 heteroatoms. The van der Waals surface area contributed by atoms with E-state index >= 15 is 0 Å². The van der Waals surface area contributed by atoms with E-state index in [9.17, 15) is 9.59 Å². The Morgan fingerprint density at radius 3 is 2.47 bits per heavy atom. The van der Waals surface area contributed by atoms with Gasteiger partial charge in [-0.25, -0.2) is 0 Å². The van der Waals surface area contributed by atoms with Crippen LogP contribution in [0.1, 0.15) is 33.6 Å². The number of aliphatic carboxylic acids is 1. The van der Waals surface area contributed by atoms with Crippen molar-refractivity contribution in [1.82, 2.24) is 10.2 Å². The Morgan fingerprint density at radius 1 is 1.41 bits per heavy atom. The van der Waals surface area contributed by atoms with E-state index < -0.39 is 12.0 Å². The normalized spacial score (nSPS) is 20.8. The van der Waals surface area contributed by atoms with Crippen LogP contribution in [0.5, 0.6) is 0 Å². The predicted molar refractivity (Wildman–Crippen MR) is 67.4 cm³/mol. The Hall–Kier alpha value is -0.810. The number of carboxylic acids is 1. The van der Waals surface area contributed by atoms with Crippen LogP contribution in [0, 0.1) is 0 Å². The van der Waals surface area contributed by atoms with Gasteiger partial charge in [-0.15, -0.1) is 12.4 Å². The number of carbonyl (C=O) groups is 2. The number of amides is 1. The van der Waals surface area contributed by atoms with E-state index in [-0.39, 0.29) is 30.4 Å². The Balaban J connectivity index is 0.00000256. The lowest BCUT2D eigenvalue weighted by atomic mass is 10.1. The predicted octanol–water partition coefficient (Wildman–Crippen LogP) is 0.872. The summed E-state index contributed by atoms with van der Waals surface area (Å²) >= 11 is 0. The average Bonchev–Trinajstić information content (AvgIpc) is 2.47.